The molecule has 2 aliphatic rings. The summed E-state index contributed by atoms with van der Waals surface area (Å²) in [7, 11) is 0. The first-order valence-corrected chi connectivity index (χ1v) is 6.18. The van der Waals surface area contributed by atoms with E-state index in [1.54, 1.807) is 4.57 Å². The zero-order valence-corrected chi connectivity index (χ0v) is 10.3. The first-order chi connectivity index (χ1) is 9.60. The minimum Gasteiger partial charge on any atom is -0.393 e. The zero-order chi connectivity index (χ0) is 14.1. The van der Waals surface area contributed by atoms with Crippen LogP contribution >= 0.6 is 0 Å². The van der Waals surface area contributed by atoms with Crippen LogP contribution in [-0.4, -0.2) is 65.4 Å². The van der Waals surface area contributed by atoms with Crippen molar-refractivity contribution in [2.24, 2.45) is 0 Å². The molecule has 9 nitrogen and oxygen atoms in total. The van der Waals surface area contributed by atoms with Crippen LogP contribution in [0.1, 0.15) is 6.04 Å². The SMILES string of the molecule is Nc1ncnc2c1ncn2C1C(O)C(O)C2(CO)OC12. The topological polar surface area (TPSA) is 143 Å². The summed E-state index contributed by atoms with van der Waals surface area (Å²) < 4.78 is 7.01. The van der Waals surface area contributed by atoms with Gasteiger partial charge in [-0.3, -0.25) is 0 Å². The molecule has 3 heterocycles. The highest BCUT2D eigenvalue weighted by Gasteiger charge is 2.74. The van der Waals surface area contributed by atoms with Crippen LogP contribution in [0, 0.1) is 0 Å². The van der Waals surface area contributed by atoms with Crippen LogP contribution in [0.5, 0.6) is 0 Å². The van der Waals surface area contributed by atoms with Crippen molar-refractivity contribution in [1.82, 2.24) is 19.5 Å². The van der Waals surface area contributed by atoms with Gasteiger partial charge in [0.05, 0.1) is 19.0 Å². The lowest BCUT2D eigenvalue weighted by Gasteiger charge is -2.22. The number of imidazole rings is 1. The number of anilines is 1. The molecule has 9 heteroatoms. The Bertz CT molecular complexity index is 691. The number of nitrogens with zero attached hydrogens (tertiary/aromatic N) is 4. The molecule has 2 aromatic heterocycles. The predicted molar refractivity (Wildman–Crippen MR) is 65.5 cm³/mol. The van der Waals surface area contributed by atoms with Crippen molar-refractivity contribution in [3.8, 4) is 0 Å². The Kier molecular flexibility index (Phi) is 2.18. The lowest BCUT2D eigenvalue weighted by Crippen LogP contribution is -2.39. The number of hydrogen-bond donors (Lipinski definition) is 4. The van der Waals surface area contributed by atoms with E-state index >= 15 is 0 Å². The summed E-state index contributed by atoms with van der Waals surface area (Å²) >= 11 is 0. The maximum atomic E-state index is 10.2. The quantitative estimate of drug-likeness (QED) is 0.454. The first-order valence-electron chi connectivity index (χ1n) is 6.18. The van der Waals surface area contributed by atoms with Gasteiger partial charge in [-0.05, 0) is 0 Å². The van der Waals surface area contributed by atoms with Gasteiger partial charge in [-0.25, -0.2) is 15.0 Å². The summed E-state index contributed by atoms with van der Waals surface area (Å²) in [6.07, 6.45) is 0.0752. The molecule has 0 bridgehead atoms. The summed E-state index contributed by atoms with van der Waals surface area (Å²) in [6, 6.07) is -0.573. The van der Waals surface area contributed by atoms with Gasteiger partial charge in [-0.1, -0.05) is 0 Å². The van der Waals surface area contributed by atoms with Gasteiger partial charge in [-0.15, -0.1) is 0 Å². The highest BCUT2D eigenvalue weighted by Crippen LogP contribution is 2.55. The third-order valence-corrected chi connectivity index (χ3v) is 4.21. The number of hydrogen-bond acceptors (Lipinski definition) is 8. The largest absolute Gasteiger partial charge is 0.393 e. The van der Waals surface area contributed by atoms with Gasteiger partial charge >= 0.3 is 0 Å². The summed E-state index contributed by atoms with van der Waals surface area (Å²) in [5, 5.41) is 29.6. The van der Waals surface area contributed by atoms with Crippen molar-refractivity contribution in [3.63, 3.8) is 0 Å². The number of aromatic nitrogens is 4. The molecule has 1 aliphatic heterocycles. The Morgan fingerprint density at radius 2 is 2.15 bits per heavy atom. The van der Waals surface area contributed by atoms with E-state index in [4.69, 9.17) is 10.5 Å². The van der Waals surface area contributed by atoms with Crippen molar-refractivity contribution in [2.45, 2.75) is 30.0 Å². The lowest BCUT2D eigenvalue weighted by molar-refractivity contribution is -0.0614. The van der Waals surface area contributed by atoms with Crippen LogP contribution in [0.3, 0.4) is 0 Å². The smallest absolute Gasteiger partial charge is 0.165 e. The molecule has 5 atom stereocenters. The fraction of sp³-hybridized carbons (Fsp3) is 0.545. The molecular formula is C11H13N5O4. The number of aliphatic hydroxyl groups is 3. The molecule has 2 fully saturated rings. The van der Waals surface area contributed by atoms with Crippen LogP contribution < -0.4 is 5.73 Å². The van der Waals surface area contributed by atoms with Crippen LogP contribution in [0.2, 0.25) is 0 Å². The molecule has 1 saturated carbocycles. The molecule has 0 spiro atoms. The van der Waals surface area contributed by atoms with Gasteiger partial charge in [0.15, 0.2) is 11.5 Å². The zero-order valence-electron chi connectivity index (χ0n) is 10.3. The predicted octanol–water partition coefficient (Wildman–Crippen LogP) is -2.19. The van der Waals surface area contributed by atoms with Crippen LogP contribution in [0.25, 0.3) is 11.2 Å². The Balaban J connectivity index is 1.83. The number of nitrogen functional groups attached to an aromatic ring is 1. The third-order valence-electron chi connectivity index (χ3n) is 4.21. The van der Waals surface area contributed by atoms with E-state index in [0.717, 1.165) is 0 Å². The molecule has 0 amide bonds. The van der Waals surface area contributed by atoms with E-state index in [0.29, 0.717) is 11.2 Å². The minimum atomic E-state index is -1.15. The number of ether oxygens (including phenoxy) is 1. The highest BCUT2D eigenvalue weighted by atomic mass is 16.6. The molecule has 20 heavy (non-hydrogen) atoms. The second-order valence-corrected chi connectivity index (χ2v) is 5.16. The summed E-state index contributed by atoms with van der Waals surface area (Å²) in [5.74, 6) is 0.243. The van der Waals surface area contributed by atoms with E-state index in [1.807, 2.05) is 0 Å². The summed E-state index contributed by atoms with van der Waals surface area (Å²) in [5.41, 5.74) is 5.52. The third kappa shape index (κ3) is 1.23. The van der Waals surface area contributed by atoms with Crippen LogP contribution in [0.4, 0.5) is 5.82 Å². The first kappa shape index (κ1) is 12.0. The van der Waals surface area contributed by atoms with E-state index in [-0.39, 0.29) is 12.4 Å². The molecule has 0 aromatic carbocycles. The van der Waals surface area contributed by atoms with Gasteiger partial charge in [0, 0.05) is 0 Å². The fourth-order valence-electron chi connectivity index (χ4n) is 3.07. The van der Waals surface area contributed by atoms with Crippen molar-refractivity contribution >= 4 is 17.0 Å². The number of rotatable bonds is 2. The van der Waals surface area contributed by atoms with Gasteiger partial charge in [0.25, 0.3) is 0 Å². The molecule has 5 N–H and O–H groups in total. The molecule has 1 aliphatic carbocycles. The molecule has 1 saturated heterocycles. The van der Waals surface area contributed by atoms with Crippen molar-refractivity contribution in [1.29, 1.82) is 0 Å². The summed E-state index contributed by atoms with van der Waals surface area (Å²) in [4.78, 5) is 12.1. The number of epoxide rings is 1. The standard InChI is InChI=1S/C11H13N5O4/c12-9-4-10(14-2-13-9)16(3-15-4)5-6(18)7(19)11(1-17)8(5)20-11/h2-3,5-8,17-19H,1H2,(H2,12,13,14). The van der Waals surface area contributed by atoms with Crippen LogP contribution in [-0.2, 0) is 4.74 Å². The van der Waals surface area contributed by atoms with Gasteiger partial charge in [-0.2, -0.15) is 0 Å². The average Bonchev–Trinajstić information content (AvgIpc) is 2.95. The van der Waals surface area contributed by atoms with Crippen molar-refractivity contribution in [3.05, 3.63) is 12.7 Å². The Morgan fingerprint density at radius 1 is 1.35 bits per heavy atom. The molecule has 0 radical (unpaired) electrons. The molecule has 106 valence electrons. The van der Waals surface area contributed by atoms with Gasteiger partial charge in [0.1, 0.15) is 35.8 Å². The number of aliphatic hydroxyl groups excluding tert-OH is 3. The van der Waals surface area contributed by atoms with Crippen molar-refractivity contribution < 1.29 is 20.1 Å². The van der Waals surface area contributed by atoms with Gasteiger partial charge < -0.3 is 30.4 Å². The molecule has 5 unspecified atom stereocenters. The van der Waals surface area contributed by atoms with Crippen molar-refractivity contribution in [2.75, 3.05) is 12.3 Å². The normalized spacial score (nSPS) is 39.1. The Hall–Kier alpha value is -1.81. The molecule has 2 aromatic rings. The molecule has 4 rings (SSSR count). The van der Waals surface area contributed by atoms with Gasteiger partial charge in [0.2, 0.25) is 0 Å². The van der Waals surface area contributed by atoms with E-state index in [9.17, 15) is 15.3 Å². The maximum absolute atomic E-state index is 10.2. The fourth-order valence-corrected chi connectivity index (χ4v) is 3.07. The molecular weight excluding hydrogens is 266 g/mol. The number of nitrogens with two attached hydrogens (primary N) is 1. The average molecular weight is 279 g/mol. The maximum Gasteiger partial charge on any atom is 0.165 e. The van der Waals surface area contributed by atoms with E-state index in [2.05, 4.69) is 15.0 Å². The lowest BCUT2D eigenvalue weighted by atomic mass is 10.1. The second-order valence-electron chi connectivity index (χ2n) is 5.16. The monoisotopic (exact) mass is 279 g/mol. The minimum absolute atomic E-state index is 0.243. The van der Waals surface area contributed by atoms with E-state index < -0.39 is 30.0 Å². The Labute approximate surface area is 112 Å². The highest BCUT2D eigenvalue weighted by molar-refractivity contribution is 5.81. The second kappa shape index (κ2) is 3.64. The number of fused-ring (bicyclic) bond motifs is 2. The Morgan fingerprint density at radius 3 is 2.85 bits per heavy atom. The van der Waals surface area contributed by atoms with Crippen LogP contribution in [0.15, 0.2) is 12.7 Å². The summed E-state index contributed by atoms with van der Waals surface area (Å²) in [6.45, 7) is -0.351. The van der Waals surface area contributed by atoms with E-state index in [1.165, 1.54) is 12.7 Å².